The lowest BCUT2D eigenvalue weighted by atomic mass is 10.2. The zero-order chi connectivity index (χ0) is 15.6. The number of benzene rings is 1. The average molecular weight is 297 g/mol. The quantitative estimate of drug-likeness (QED) is 0.680. The molecule has 0 spiro atoms. The fourth-order valence-corrected chi connectivity index (χ4v) is 1.44. The maximum atomic E-state index is 13.3. The van der Waals surface area contributed by atoms with E-state index >= 15 is 0 Å². The van der Waals surface area contributed by atoms with E-state index in [9.17, 15) is 17.6 Å². The molecule has 21 heavy (non-hydrogen) atoms. The summed E-state index contributed by atoms with van der Waals surface area (Å²) in [7, 11) is 0. The van der Waals surface area contributed by atoms with Gasteiger partial charge in [-0.2, -0.15) is 18.4 Å². The molecule has 0 amide bonds. The molecule has 1 heterocycles. The molecule has 2 rings (SSSR count). The topological polar surface area (TPSA) is 71.9 Å². The van der Waals surface area contributed by atoms with Gasteiger partial charge in [0.15, 0.2) is 0 Å². The van der Waals surface area contributed by atoms with E-state index in [-0.39, 0.29) is 17.0 Å². The first-order chi connectivity index (χ1) is 9.81. The normalized spacial score (nSPS) is 11.0. The summed E-state index contributed by atoms with van der Waals surface area (Å²) in [6, 6.07) is 6.56. The molecular formula is C13H7F4N3O. The molecule has 0 saturated carbocycles. The van der Waals surface area contributed by atoms with Gasteiger partial charge in [-0.25, -0.2) is 9.37 Å². The molecule has 1 aromatic heterocycles. The van der Waals surface area contributed by atoms with Crippen LogP contribution >= 0.6 is 0 Å². The lowest BCUT2D eigenvalue weighted by molar-refractivity contribution is -0.141. The number of ether oxygens (including phenoxy) is 1. The second-order valence-electron chi connectivity index (χ2n) is 3.94. The van der Waals surface area contributed by atoms with Gasteiger partial charge >= 0.3 is 6.18 Å². The molecule has 108 valence electrons. The van der Waals surface area contributed by atoms with E-state index in [4.69, 9.17) is 15.7 Å². The van der Waals surface area contributed by atoms with E-state index in [1.54, 1.807) is 6.07 Å². The molecule has 0 radical (unpaired) electrons. The van der Waals surface area contributed by atoms with Crippen molar-refractivity contribution in [1.82, 2.24) is 4.98 Å². The van der Waals surface area contributed by atoms with Crippen molar-refractivity contribution in [1.29, 1.82) is 5.26 Å². The Balaban J connectivity index is 2.42. The molecule has 0 aliphatic carbocycles. The third-order valence-electron chi connectivity index (χ3n) is 2.46. The first-order valence-electron chi connectivity index (χ1n) is 5.52. The molecule has 0 atom stereocenters. The molecule has 8 heteroatoms. The van der Waals surface area contributed by atoms with Gasteiger partial charge in [0.2, 0.25) is 5.88 Å². The Morgan fingerprint density at radius 3 is 2.48 bits per heavy atom. The number of rotatable bonds is 2. The van der Waals surface area contributed by atoms with E-state index in [2.05, 4.69) is 4.98 Å². The highest BCUT2D eigenvalue weighted by Gasteiger charge is 2.33. The summed E-state index contributed by atoms with van der Waals surface area (Å²) in [5.74, 6) is -1.47. The summed E-state index contributed by atoms with van der Waals surface area (Å²) in [6.45, 7) is 0. The largest absolute Gasteiger partial charge is 0.438 e. The molecule has 0 unspecified atom stereocenters. The number of pyridine rings is 1. The predicted octanol–water partition coefficient (Wildman–Crippen LogP) is 3.49. The van der Waals surface area contributed by atoms with Gasteiger partial charge in [-0.05, 0) is 24.3 Å². The van der Waals surface area contributed by atoms with Crippen molar-refractivity contribution in [3.63, 3.8) is 0 Å². The monoisotopic (exact) mass is 297 g/mol. The summed E-state index contributed by atoms with van der Waals surface area (Å²) in [5.41, 5.74) is 3.71. The number of alkyl halides is 3. The van der Waals surface area contributed by atoms with Crippen LogP contribution in [-0.4, -0.2) is 4.98 Å². The molecule has 0 fully saturated rings. The zero-order valence-corrected chi connectivity index (χ0v) is 10.3. The molecule has 2 N–H and O–H groups in total. The van der Waals surface area contributed by atoms with Crippen LogP contribution in [0.5, 0.6) is 11.6 Å². The van der Waals surface area contributed by atoms with Crippen molar-refractivity contribution in [3.05, 3.63) is 47.4 Å². The molecule has 4 nitrogen and oxygen atoms in total. The van der Waals surface area contributed by atoms with E-state index in [0.717, 1.165) is 12.1 Å². The van der Waals surface area contributed by atoms with Crippen molar-refractivity contribution in [2.45, 2.75) is 6.18 Å². The lowest BCUT2D eigenvalue weighted by Crippen LogP contribution is -2.09. The fraction of sp³-hybridized carbons (Fsp3) is 0.0769. The number of hydrogen-bond donors (Lipinski definition) is 1. The Kier molecular flexibility index (Phi) is 3.67. The summed E-state index contributed by atoms with van der Waals surface area (Å²) in [6.07, 6.45) is -4.68. The van der Waals surface area contributed by atoms with Crippen LogP contribution < -0.4 is 10.5 Å². The van der Waals surface area contributed by atoms with Gasteiger partial charge < -0.3 is 10.5 Å². The third kappa shape index (κ3) is 3.20. The maximum absolute atomic E-state index is 13.3. The van der Waals surface area contributed by atoms with E-state index in [1.807, 2.05) is 0 Å². The van der Waals surface area contributed by atoms with Gasteiger partial charge in [0.25, 0.3) is 0 Å². The molecular weight excluding hydrogens is 290 g/mol. The van der Waals surface area contributed by atoms with Gasteiger partial charge in [-0.3, -0.25) is 0 Å². The molecule has 2 aromatic rings. The third-order valence-corrected chi connectivity index (χ3v) is 2.46. The van der Waals surface area contributed by atoms with Crippen molar-refractivity contribution in [3.8, 4) is 17.7 Å². The SMILES string of the molecule is N#Cc1ccc(C(F)(F)F)nc1Oc1ccc(N)c(F)c1. The van der Waals surface area contributed by atoms with Crippen LogP contribution in [0.2, 0.25) is 0 Å². The highest BCUT2D eigenvalue weighted by molar-refractivity contribution is 5.46. The van der Waals surface area contributed by atoms with Gasteiger partial charge in [0, 0.05) is 6.07 Å². The summed E-state index contributed by atoms with van der Waals surface area (Å²) >= 11 is 0. The van der Waals surface area contributed by atoms with Crippen molar-refractivity contribution >= 4 is 5.69 Å². The number of nitrogen functional groups attached to an aromatic ring is 1. The highest BCUT2D eigenvalue weighted by Crippen LogP contribution is 2.32. The zero-order valence-electron chi connectivity index (χ0n) is 10.3. The summed E-state index contributed by atoms with van der Waals surface area (Å²) in [5, 5.41) is 8.84. The van der Waals surface area contributed by atoms with Gasteiger partial charge in [0.05, 0.1) is 5.69 Å². The van der Waals surface area contributed by atoms with Crippen LogP contribution in [0.1, 0.15) is 11.3 Å². The summed E-state index contributed by atoms with van der Waals surface area (Å²) < 4.78 is 56.1. The number of nitriles is 1. The Morgan fingerprint density at radius 2 is 1.90 bits per heavy atom. The first kappa shape index (κ1) is 14.6. The van der Waals surface area contributed by atoms with Crippen molar-refractivity contribution in [2.24, 2.45) is 0 Å². The smallest absolute Gasteiger partial charge is 0.433 e. The van der Waals surface area contributed by atoms with Gasteiger partial charge in [-0.1, -0.05) is 0 Å². The standard InChI is InChI=1S/C13H7F4N3O/c14-9-5-8(2-3-10(9)19)21-12-7(6-18)1-4-11(20-12)13(15,16)17/h1-5H,19H2. The minimum Gasteiger partial charge on any atom is -0.438 e. The summed E-state index contributed by atoms with van der Waals surface area (Å²) in [4.78, 5) is 3.24. The Labute approximate surface area is 116 Å². The number of anilines is 1. The van der Waals surface area contributed by atoms with E-state index in [1.165, 1.54) is 12.1 Å². The second-order valence-corrected chi connectivity index (χ2v) is 3.94. The van der Waals surface area contributed by atoms with Crippen LogP contribution in [-0.2, 0) is 6.18 Å². The fourth-order valence-electron chi connectivity index (χ4n) is 1.44. The Hall–Kier alpha value is -2.82. The van der Waals surface area contributed by atoms with Crippen LogP contribution in [0.4, 0.5) is 23.2 Å². The number of aromatic nitrogens is 1. The number of halogens is 4. The lowest BCUT2D eigenvalue weighted by Gasteiger charge is -2.10. The number of hydrogen-bond acceptors (Lipinski definition) is 4. The molecule has 1 aromatic carbocycles. The van der Waals surface area contributed by atoms with Crippen LogP contribution in [0.15, 0.2) is 30.3 Å². The minimum atomic E-state index is -4.68. The highest BCUT2D eigenvalue weighted by atomic mass is 19.4. The molecule has 0 bridgehead atoms. The second kappa shape index (κ2) is 5.28. The Bertz CT molecular complexity index is 722. The van der Waals surface area contributed by atoms with E-state index in [0.29, 0.717) is 6.07 Å². The average Bonchev–Trinajstić information content (AvgIpc) is 2.42. The first-order valence-corrected chi connectivity index (χ1v) is 5.52. The number of nitrogens with zero attached hydrogens (tertiary/aromatic N) is 2. The minimum absolute atomic E-state index is 0.120. The van der Waals surface area contributed by atoms with Crippen LogP contribution in [0, 0.1) is 17.1 Å². The predicted molar refractivity (Wildman–Crippen MR) is 64.8 cm³/mol. The maximum Gasteiger partial charge on any atom is 0.433 e. The van der Waals surface area contributed by atoms with Crippen molar-refractivity contribution in [2.75, 3.05) is 5.73 Å². The van der Waals surface area contributed by atoms with Crippen LogP contribution in [0.3, 0.4) is 0 Å². The molecule has 0 aliphatic rings. The van der Waals surface area contributed by atoms with Crippen molar-refractivity contribution < 1.29 is 22.3 Å². The van der Waals surface area contributed by atoms with Crippen LogP contribution in [0.25, 0.3) is 0 Å². The Morgan fingerprint density at radius 1 is 1.19 bits per heavy atom. The molecule has 0 aliphatic heterocycles. The van der Waals surface area contributed by atoms with E-state index < -0.39 is 23.6 Å². The van der Waals surface area contributed by atoms with Gasteiger partial charge in [0.1, 0.15) is 28.9 Å². The number of nitrogens with two attached hydrogens (primary N) is 1. The van der Waals surface area contributed by atoms with Gasteiger partial charge in [-0.15, -0.1) is 0 Å². The molecule has 0 saturated heterocycles.